The van der Waals surface area contributed by atoms with Crippen LogP contribution >= 0.6 is 8.58 Å². The molecule has 1 rings (SSSR count). The summed E-state index contributed by atoms with van der Waals surface area (Å²) >= 11 is 0. The van der Waals surface area contributed by atoms with E-state index in [4.69, 9.17) is 0 Å². The Balaban J connectivity index is 2.36. The van der Waals surface area contributed by atoms with E-state index in [0.29, 0.717) is 5.41 Å². The van der Waals surface area contributed by atoms with Crippen LogP contribution in [0.5, 0.6) is 0 Å². The van der Waals surface area contributed by atoms with E-state index < -0.39 is 0 Å². The molecular weight excluding hydrogens is 223 g/mol. The van der Waals surface area contributed by atoms with Crippen LogP contribution in [0.2, 0.25) is 0 Å². The van der Waals surface area contributed by atoms with E-state index in [1.54, 1.807) is 0 Å². The predicted octanol–water partition coefficient (Wildman–Crippen LogP) is 5.85. The molecule has 2 unspecified atom stereocenters. The molecular formula is C16H33P. The second-order valence-corrected chi connectivity index (χ2v) is 9.27. The van der Waals surface area contributed by atoms with Crippen molar-refractivity contribution in [1.82, 2.24) is 0 Å². The van der Waals surface area contributed by atoms with Crippen LogP contribution in [0.1, 0.15) is 79.6 Å². The van der Waals surface area contributed by atoms with Gasteiger partial charge >= 0.3 is 0 Å². The summed E-state index contributed by atoms with van der Waals surface area (Å²) < 4.78 is 0. The largest absolute Gasteiger partial charge is 0.115 e. The van der Waals surface area contributed by atoms with Crippen molar-refractivity contribution in [2.45, 2.75) is 84.7 Å². The maximum atomic E-state index is 2.46. The van der Waals surface area contributed by atoms with Gasteiger partial charge in [-0.25, -0.2) is 0 Å². The van der Waals surface area contributed by atoms with Crippen molar-refractivity contribution in [2.75, 3.05) is 6.16 Å². The molecule has 102 valence electrons. The third-order valence-electron chi connectivity index (χ3n) is 4.27. The Hall–Kier alpha value is 0.430. The van der Waals surface area contributed by atoms with Gasteiger partial charge in [0, 0.05) is 0 Å². The maximum absolute atomic E-state index is 2.46. The monoisotopic (exact) mass is 256 g/mol. The Morgan fingerprint density at radius 1 is 1.12 bits per heavy atom. The molecule has 17 heavy (non-hydrogen) atoms. The van der Waals surface area contributed by atoms with E-state index in [1.165, 1.54) is 59.7 Å². The van der Waals surface area contributed by atoms with Gasteiger partial charge in [-0.2, -0.15) is 0 Å². The van der Waals surface area contributed by atoms with Crippen molar-refractivity contribution >= 4 is 8.58 Å². The minimum atomic E-state index is 0.510. The molecule has 1 aliphatic rings. The van der Waals surface area contributed by atoms with Crippen LogP contribution in [-0.4, -0.2) is 11.3 Å². The molecule has 0 nitrogen and oxygen atoms in total. The molecule has 0 aromatic carbocycles. The lowest BCUT2D eigenvalue weighted by Gasteiger charge is -2.38. The van der Waals surface area contributed by atoms with E-state index in [2.05, 4.69) is 34.6 Å². The van der Waals surface area contributed by atoms with Crippen LogP contribution < -0.4 is 0 Å². The average molecular weight is 256 g/mol. The van der Waals surface area contributed by atoms with Gasteiger partial charge in [-0.3, -0.25) is 0 Å². The molecule has 1 aliphatic carbocycles. The van der Waals surface area contributed by atoms with Crippen LogP contribution in [0.4, 0.5) is 0 Å². The molecule has 0 aliphatic heterocycles. The predicted molar refractivity (Wildman–Crippen MR) is 82.5 cm³/mol. The minimum Gasteiger partial charge on any atom is -0.115 e. The van der Waals surface area contributed by atoms with Gasteiger partial charge in [-0.1, -0.05) is 53.9 Å². The van der Waals surface area contributed by atoms with Crippen molar-refractivity contribution in [1.29, 1.82) is 0 Å². The molecule has 0 spiro atoms. The summed E-state index contributed by atoms with van der Waals surface area (Å²) in [5.41, 5.74) is 0.510. The van der Waals surface area contributed by atoms with Crippen molar-refractivity contribution in [2.24, 2.45) is 11.3 Å². The lowest BCUT2D eigenvalue weighted by atomic mass is 9.86. The number of rotatable bonds is 5. The van der Waals surface area contributed by atoms with Gasteiger partial charge in [0.1, 0.15) is 0 Å². The van der Waals surface area contributed by atoms with Crippen LogP contribution in [0.25, 0.3) is 0 Å². The molecule has 0 saturated heterocycles. The van der Waals surface area contributed by atoms with Crippen LogP contribution in [0.3, 0.4) is 0 Å². The molecule has 0 aromatic rings. The molecule has 1 heteroatoms. The van der Waals surface area contributed by atoms with Crippen molar-refractivity contribution in [3.63, 3.8) is 0 Å². The summed E-state index contributed by atoms with van der Waals surface area (Å²) in [6.45, 7) is 12.0. The molecule has 0 aromatic heterocycles. The van der Waals surface area contributed by atoms with Gasteiger partial charge in [-0.15, -0.1) is 8.58 Å². The topological polar surface area (TPSA) is 0 Å². The standard InChI is InChI=1S/C16H33P/c1-6-16(10-8-7-9-11-16)17-13-14(2)12-15(3,4)5/h14,17H,6-13H2,1-5H3. The molecule has 0 heterocycles. The SMILES string of the molecule is CCC1(PCC(C)CC(C)(C)C)CCCCC1. The molecule has 0 N–H and O–H groups in total. The second-order valence-electron chi connectivity index (χ2n) is 7.45. The Bertz CT molecular complexity index is 208. The van der Waals surface area contributed by atoms with Gasteiger partial charge < -0.3 is 0 Å². The number of hydrogen-bond acceptors (Lipinski definition) is 0. The van der Waals surface area contributed by atoms with E-state index in [-0.39, 0.29) is 0 Å². The van der Waals surface area contributed by atoms with E-state index in [0.717, 1.165) is 11.1 Å². The molecule has 2 atom stereocenters. The fourth-order valence-electron chi connectivity index (χ4n) is 3.39. The van der Waals surface area contributed by atoms with Gasteiger partial charge in [0.25, 0.3) is 0 Å². The summed E-state index contributed by atoms with van der Waals surface area (Å²) in [7, 11) is 1.22. The Kier molecular flexibility index (Phi) is 5.97. The van der Waals surface area contributed by atoms with Gasteiger partial charge in [0.15, 0.2) is 0 Å². The normalized spacial score (nSPS) is 23.1. The van der Waals surface area contributed by atoms with Crippen molar-refractivity contribution in [3.05, 3.63) is 0 Å². The zero-order valence-corrected chi connectivity index (χ0v) is 13.7. The minimum absolute atomic E-state index is 0.510. The lowest BCUT2D eigenvalue weighted by molar-refractivity contribution is 0.320. The summed E-state index contributed by atoms with van der Waals surface area (Å²) in [6, 6.07) is 0. The molecule has 0 bridgehead atoms. The zero-order chi connectivity index (χ0) is 12.9. The van der Waals surface area contributed by atoms with Crippen molar-refractivity contribution < 1.29 is 0 Å². The number of hydrogen-bond donors (Lipinski definition) is 0. The fourth-order valence-corrected chi connectivity index (χ4v) is 5.28. The Morgan fingerprint density at radius 2 is 1.71 bits per heavy atom. The van der Waals surface area contributed by atoms with Gasteiger partial charge in [-0.05, 0) is 48.3 Å². The summed E-state index contributed by atoms with van der Waals surface area (Å²) in [4.78, 5) is 0. The summed E-state index contributed by atoms with van der Waals surface area (Å²) in [6.07, 6.45) is 11.8. The average Bonchev–Trinajstić information content (AvgIpc) is 2.25. The Morgan fingerprint density at radius 3 is 2.18 bits per heavy atom. The first-order chi connectivity index (χ1) is 7.87. The van der Waals surface area contributed by atoms with Crippen LogP contribution in [0, 0.1) is 11.3 Å². The second kappa shape index (κ2) is 6.55. The highest BCUT2D eigenvalue weighted by Crippen LogP contribution is 2.47. The smallest absolute Gasteiger partial charge is 0.0124 e. The maximum Gasteiger partial charge on any atom is -0.0124 e. The van der Waals surface area contributed by atoms with E-state index in [1.807, 2.05) is 0 Å². The highest BCUT2D eigenvalue weighted by molar-refractivity contribution is 7.40. The third kappa shape index (κ3) is 5.73. The lowest BCUT2D eigenvalue weighted by Crippen LogP contribution is -2.27. The zero-order valence-electron chi connectivity index (χ0n) is 12.7. The molecule has 1 saturated carbocycles. The van der Waals surface area contributed by atoms with Gasteiger partial charge in [0.05, 0.1) is 0 Å². The summed E-state index contributed by atoms with van der Waals surface area (Å²) in [5.74, 6) is 0.915. The van der Waals surface area contributed by atoms with Crippen LogP contribution in [0.15, 0.2) is 0 Å². The first kappa shape index (κ1) is 15.5. The molecule has 1 fully saturated rings. The summed E-state index contributed by atoms with van der Waals surface area (Å²) in [5, 5.41) is 0.754. The quantitative estimate of drug-likeness (QED) is 0.541. The third-order valence-corrected chi connectivity index (χ3v) is 6.78. The van der Waals surface area contributed by atoms with Gasteiger partial charge in [0.2, 0.25) is 0 Å². The fraction of sp³-hybridized carbons (Fsp3) is 1.00. The Labute approximate surface area is 111 Å². The van der Waals surface area contributed by atoms with Crippen molar-refractivity contribution in [3.8, 4) is 0 Å². The first-order valence-corrected chi connectivity index (χ1v) is 8.83. The molecule has 0 amide bonds. The molecule has 0 radical (unpaired) electrons. The van der Waals surface area contributed by atoms with E-state index in [9.17, 15) is 0 Å². The van der Waals surface area contributed by atoms with Crippen LogP contribution in [-0.2, 0) is 0 Å². The van der Waals surface area contributed by atoms with E-state index >= 15 is 0 Å². The first-order valence-electron chi connectivity index (χ1n) is 7.62. The highest BCUT2D eigenvalue weighted by Gasteiger charge is 2.30. The highest BCUT2D eigenvalue weighted by atomic mass is 31.1.